The summed E-state index contributed by atoms with van der Waals surface area (Å²) in [5, 5.41) is 0. The van der Waals surface area contributed by atoms with Crippen molar-refractivity contribution >= 4 is 22.2 Å². The Morgan fingerprint density at radius 3 is 2.33 bits per heavy atom. The fourth-order valence-electron chi connectivity index (χ4n) is 1.90. The summed E-state index contributed by atoms with van der Waals surface area (Å²) in [6.45, 7) is 0. The smallest absolute Gasteiger partial charge is 0.178 e. The second kappa shape index (κ2) is 3.88. The Morgan fingerprint density at radius 1 is 1.11 bits per heavy atom. The highest BCUT2D eigenvalue weighted by atomic mass is 79.9. The third-order valence-corrected chi connectivity index (χ3v) is 3.54. The van der Waals surface area contributed by atoms with Crippen LogP contribution in [0.25, 0.3) is 11.1 Å². The monoisotopic (exact) mass is 310 g/mol. The Kier molecular flexibility index (Phi) is 2.45. The number of fused-ring (bicyclic) bond motifs is 2. The summed E-state index contributed by atoms with van der Waals surface area (Å²) in [6, 6.07) is 5.43. The summed E-state index contributed by atoms with van der Waals surface area (Å²) in [7, 11) is 0. The largest absolute Gasteiger partial charge is 0.451 e. The van der Waals surface area contributed by atoms with E-state index in [2.05, 4.69) is 15.9 Å². The lowest BCUT2D eigenvalue weighted by atomic mass is 9.98. The van der Waals surface area contributed by atoms with Gasteiger partial charge in [-0.25, -0.2) is 8.78 Å². The van der Waals surface area contributed by atoms with E-state index in [-0.39, 0.29) is 16.9 Å². The minimum Gasteiger partial charge on any atom is -0.451 e. The molecular formula is C13H5BrF2O2. The van der Waals surface area contributed by atoms with Gasteiger partial charge in [0.25, 0.3) is 0 Å². The molecule has 4 rings (SSSR count). The number of ether oxygens (including phenoxy) is 1. The first-order chi connectivity index (χ1) is 8.63. The Morgan fingerprint density at radius 2 is 1.78 bits per heavy atom. The number of aldehydes is 1. The molecule has 0 radical (unpaired) electrons. The van der Waals surface area contributed by atoms with Gasteiger partial charge in [-0.1, -0.05) is 12.1 Å². The summed E-state index contributed by atoms with van der Waals surface area (Å²) >= 11 is 3.20. The fraction of sp³-hybridized carbons (Fsp3) is 0. The molecule has 2 bridgehead atoms. The van der Waals surface area contributed by atoms with Crippen LogP contribution in [0.5, 0.6) is 11.5 Å². The van der Waals surface area contributed by atoms with Gasteiger partial charge in [-0.15, -0.1) is 0 Å². The minimum atomic E-state index is -0.620. The summed E-state index contributed by atoms with van der Waals surface area (Å²) in [4.78, 5) is 10.7. The topological polar surface area (TPSA) is 26.3 Å². The molecule has 0 aliphatic carbocycles. The van der Waals surface area contributed by atoms with Gasteiger partial charge >= 0.3 is 0 Å². The molecule has 0 saturated heterocycles. The molecule has 18 heavy (non-hydrogen) atoms. The van der Waals surface area contributed by atoms with Crippen molar-refractivity contribution in [3.8, 4) is 22.6 Å². The van der Waals surface area contributed by atoms with E-state index < -0.39 is 11.6 Å². The third-order valence-electron chi connectivity index (χ3n) is 2.78. The number of hydrogen-bond acceptors (Lipinski definition) is 2. The lowest BCUT2D eigenvalue weighted by Crippen LogP contribution is -2.10. The van der Waals surface area contributed by atoms with Crippen LogP contribution >= 0.6 is 15.9 Å². The minimum absolute atomic E-state index is 0.0532. The van der Waals surface area contributed by atoms with Crippen LogP contribution in [0.2, 0.25) is 0 Å². The quantitative estimate of drug-likeness (QED) is 0.659. The number of rotatable bonds is 2. The SMILES string of the molecule is O=Cc1c2c(F)c(-c3ccc(F)cc3)c(Br)c1O2. The van der Waals surface area contributed by atoms with E-state index in [1.165, 1.54) is 24.3 Å². The molecule has 0 atom stereocenters. The van der Waals surface area contributed by atoms with Crippen molar-refractivity contribution in [3.05, 3.63) is 45.9 Å². The molecule has 2 aliphatic heterocycles. The lowest BCUT2D eigenvalue weighted by molar-refractivity contribution is 0.111. The molecule has 0 spiro atoms. The van der Waals surface area contributed by atoms with E-state index in [0.717, 1.165) is 0 Å². The van der Waals surface area contributed by atoms with Crippen molar-refractivity contribution in [3.63, 3.8) is 0 Å². The van der Waals surface area contributed by atoms with Crippen LogP contribution in [0.1, 0.15) is 10.4 Å². The van der Waals surface area contributed by atoms with Gasteiger partial charge in [0, 0.05) is 5.56 Å². The van der Waals surface area contributed by atoms with Crippen molar-refractivity contribution < 1.29 is 18.3 Å². The predicted molar refractivity (Wildman–Crippen MR) is 65.0 cm³/mol. The molecule has 2 nitrogen and oxygen atoms in total. The average molecular weight is 311 g/mol. The van der Waals surface area contributed by atoms with Gasteiger partial charge in [0.1, 0.15) is 11.4 Å². The van der Waals surface area contributed by atoms with Gasteiger partial charge in [-0.3, -0.25) is 4.79 Å². The second-order valence-corrected chi connectivity index (χ2v) is 4.59. The van der Waals surface area contributed by atoms with Gasteiger partial charge in [0.15, 0.2) is 23.6 Å². The zero-order chi connectivity index (χ0) is 12.9. The molecule has 2 aromatic carbocycles. The normalized spacial score (nSPS) is 11.7. The average Bonchev–Trinajstić information content (AvgIpc) is 2.30. The summed E-state index contributed by atoms with van der Waals surface area (Å²) in [5.41, 5.74) is 1.01. The molecular weight excluding hydrogens is 306 g/mol. The van der Waals surface area contributed by atoms with Crippen LogP contribution in [0.15, 0.2) is 28.7 Å². The fourth-order valence-corrected chi connectivity index (χ4v) is 2.59. The number of carbonyl (C=O) groups is 1. The summed E-state index contributed by atoms with van der Waals surface area (Å²) in [5.74, 6) is -0.748. The van der Waals surface area contributed by atoms with Crippen LogP contribution < -0.4 is 4.74 Å². The summed E-state index contributed by atoms with van der Waals surface area (Å²) in [6.07, 6.45) is 0.552. The predicted octanol–water partition coefficient (Wildman–Crippen LogP) is 4.31. The molecule has 2 aliphatic rings. The van der Waals surface area contributed by atoms with E-state index in [0.29, 0.717) is 22.1 Å². The molecule has 0 aromatic heterocycles. The highest BCUT2D eigenvalue weighted by Gasteiger charge is 2.34. The Labute approximate surface area is 109 Å². The van der Waals surface area contributed by atoms with Crippen LogP contribution in [-0.2, 0) is 0 Å². The molecule has 0 saturated carbocycles. The van der Waals surface area contributed by atoms with Crippen LogP contribution in [0.4, 0.5) is 8.78 Å². The van der Waals surface area contributed by atoms with Crippen LogP contribution in [0, 0.1) is 11.6 Å². The molecule has 90 valence electrons. The van der Waals surface area contributed by atoms with Crippen molar-refractivity contribution in [2.75, 3.05) is 0 Å². The van der Waals surface area contributed by atoms with Crippen LogP contribution in [0.3, 0.4) is 0 Å². The van der Waals surface area contributed by atoms with Crippen molar-refractivity contribution in [2.45, 2.75) is 0 Å². The van der Waals surface area contributed by atoms with Gasteiger partial charge in [-0.05, 0) is 33.6 Å². The molecule has 2 heterocycles. The van der Waals surface area contributed by atoms with Crippen LogP contribution in [-0.4, -0.2) is 6.29 Å². The molecule has 5 heteroatoms. The Hall–Kier alpha value is -1.75. The van der Waals surface area contributed by atoms with Crippen molar-refractivity contribution in [1.29, 1.82) is 0 Å². The number of carbonyl (C=O) groups excluding carboxylic acids is 1. The Balaban J connectivity index is 2.24. The Bertz CT molecular complexity index is 637. The first-order valence-corrected chi connectivity index (χ1v) is 5.86. The lowest BCUT2D eigenvalue weighted by Gasteiger charge is -2.25. The van der Waals surface area contributed by atoms with Gasteiger partial charge < -0.3 is 4.74 Å². The zero-order valence-electron chi connectivity index (χ0n) is 8.84. The highest BCUT2D eigenvalue weighted by Crippen LogP contribution is 2.53. The van der Waals surface area contributed by atoms with E-state index in [9.17, 15) is 13.6 Å². The maximum absolute atomic E-state index is 14.1. The standard InChI is InChI=1S/C13H5BrF2O2/c14-10-9(6-1-3-7(15)4-2-6)11(16)13-8(5-17)12(10)18-13/h1-5H. The van der Waals surface area contributed by atoms with Gasteiger partial charge in [0.05, 0.1) is 4.47 Å². The van der Waals surface area contributed by atoms with E-state index in [1.807, 2.05) is 0 Å². The molecule has 0 unspecified atom stereocenters. The first-order valence-electron chi connectivity index (χ1n) is 5.07. The maximum Gasteiger partial charge on any atom is 0.178 e. The first kappa shape index (κ1) is 11.3. The van der Waals surface area contributed by atoms with E-state index in [4.69, 9.17) is 4.74 Å². The van der Waals surface area contributed by atoms with Crippen molar-refractivity contribution in [1.82, 2.24) is 0 Å². The molecule has 0 fully saturated rings. The number of halogens is 3. The second-order valence-electron chi connectivity index (χ2n) is 3.80. The van der Waals surface area contributed by atoms with Gasteiger partial charge in [-0.2, -0.15) is 0 Å². The van der Waals surface area contributed by atoms with E-state index >= 15 is 0 Å². The molecule has 0 N–H and O–H groups in total. The number of benzene rings is 2. The van der Waals surface area contributed by atoms with Gasteiger partial charge in [0.2, 0.25) is 0 Å². The third kappa shape index (κ3) is 1.40. The maximum atomic E-state index is 14.1. The highest BCUT2D eigenvalue weighted by molar-refractivity contribution is 9.10. The van der Waals surface area contributed by atoms with Crippen molar-refractivity contribution in [2.24, 2.45) is 0 Å². The molecule has 0 amide bonds. The summed E-state index contributed by atoms with van der Waals surface area (Å²) < 4.78 is 32.4. The zero-order valence-corrected chi connectivity index (χ0v) is 10.4. The van der Waals surface area contributed by atoms with E-state index in [1.54, 1.807) is 0 Å². The number of hydrogen-bond donors (Lipinski definition) is 0. The molecule has 2 aromatic rings.